The van der Waals surface area contributed by atoms with Gasteiger partial charge in [0.2, 0.25) is 11.8 Å². The Morgan fingerprint density at radius 3 is 2.35 bits per heavy atom. The van der Waals surface area contributed by atoms with Crippen LogP contribution in [-0.4, -0.2) is 24.9 Å². The summed E-state index contributed by atoms with van der Waals surface area (Å²) in [4.78, 5) is 23.4. The van der Waals surface area contributed by atoms with Gasteiger partial charge in [0.05, 0.1) is 0 Å². The van der Waals surface area contributed by atoms with Gasteiger partial charge in [-0.05, 0) is 44.1 Å². The van der Waals surface area contributed by atoms with Gasteiger partial charge < -0.3 is 16.0 Å². The van der Waals surface area contributed by atoms with Crippen LogP contribution < -0.4 is 16.0 Å². The van der Waals surface area contributed by atoms with E-state index in [0.29, 0.717) is 11.4 Å². The number of amides is 2. The van der Waals surface area contributed by atoms with Crippen molar-refractivity contribution in [2.45, 2.75) is 26.7 Å². The van der Waals surface area contributed by atoms with Gasteiger partial charge >= 0.3 is 0 Å². The summed E-state index contributed by atoms with van der Waals surface area (Å²) < 4.78 is 0. The van der Waals surface area contributed by atoms with E-state index < -0.39 is 0 Å². The molecule has 0 saturated carbocycles. The first-order valence-electron chi connectivity index (χ1n) is 6.89. The van der Waals surface area contributed by atoms with Crippen molar-refractivity contribution in [3.8, 4) is 0 Å². The molecule has 20 heavy (non-hydrogen) atoms. The van der Waals surface area contributed by atoms with Crippen molar-refractivity contribution in [3.05, 3.63) is 24.3 Å². The van der Waals surface area contributed by atoms with Crippen LogP contribution in [0.2, 0.25) is 0 Å². The van der Waals surface area contributed by atoms with Crippen LogP contribution in [0.15, 0.2) is 24.3 Å². The summed E-state index contributed by atoms with van der Waals surface area (Å²) in [5.41, 5.74) is 1.07. The molecule has 3 N–H and O–H groups in total. The lowest BCUT2D eigenvalue weighted by Crippen LogP contribution is -2.42. The van der Waals surface area contributed by atoms with Crippen LogP contribution in [-0.2, 0) is 9.59 Å². The summed E-state index contributed by atoms with van der Waals surface area (Å²) >= 11 is 0. The standard InChI is InChI=1S/C15H21N3O2/c1-11(19)17-12-4-3-5-13(10-12)18-14(20)15(2)6-8-16-9-7-15/h3-5,10,16H,6-9H2,1-2H3,(H,17,19)(H,18,20). The minimum Gasteiger partial charge on any atom is -0.326 e. The summed E-state index contributed by atoms with van der Waals surface area (Å²) in [6.45, 7) is 5.20. The van der Waals surface area contributed by atoms with Gasteiger partial charge in [-0.3, -0.25) is 9.59 Å². The number of hydrogen-bond donors (Lipinski definition) is 3. The molecule has 2 amide bonds. The van der Waals surface area contributed by atoms with Crippen molar-refractivity contribution >= 4 is 23.2 Å². The molecular formula is C15H21N3O2. The molecule has 5 heteroatoms. The zero-order valence-corrected chi connectivity index (χ0v) is 12.0. The molecule has 0 aliphatic carbocycles. The van der Waals surface area contributed by atoms with Crippen LogP contribution in [0.4, 0.5) is 11.4 Å². The third-order valence-corrected chi connectivity index (χ3v) is 3.70. The second kappa shape index (κ2) is 6.05. The molecule has 108 valence electrons. The largest absolute Gasteiger partial charge is 0.326 e. The number of benzene rings is 1. The summed E-state index contributed by atoms with van der Waals surface area (Å²) in [6, 6.07) is 7.20. The van der Waals surface area contributed by atoms with Gasteiger partial charge in [0, 0.05) is 23.7 Å². The Labute approximate surface area is 119 Å². The van der Waals surface area contributed by atoms with E-state index in [4.69, 9.17) is 0 Å². The minimum atomic E-state index is -0.324. The molecule has 1 fully saturated rings. The second-order valence-corrected chi connectivity index (χ2v) is 5.53. The molecule has 0 aromatic heterocycles. The maximum absolute atomic E-state index is 12.4. The van der Waals surface area contributed by atoms with Gasteiger partial charge in [-0.15, -0.1) is 0 Å². The van der Waals surface area contributed by atoms with E-state index in [1.165, 1.54) is 6.92 Å². The van der Waals surface area contributed by atoms with Gasteiger partial charge in [0.25, 0.3) is 0 Å². The zero-order valence-electron chi connectivity index (χ0n) is 12.0. The highest BCUT2D eigenvalue weighted by atomic mass is 16.2. The van der Waals surface area contributed by atoms with E-state index in [9.17, 15) is 9.59 Å². The van der Waals surface area contributed by atoms with Crippen LogP contribution in [0.3, 0.4) is 0 Å². The third-order valence-electron chi connectivity index (χ3n) is 3.70. The van der Waals surface area contributed by atoms with Gasteiger partial charge in [-0.25, -0.2) is 0 Å². The van der Waals surface area contributed by atoms with Gasteiger partial charge in [-0.2, -0.15) is 0 Å². The van der Waals surface area contributed by atoms with Crippen molar-refractivity contribution in [1.29, 1.82) is 0 Å². The van der Waals surface area contributed by atoms with Crippen molar-refractivity contribution in [2.24, 2.45) is 5.41 Å². The number of anilines is 2. The lowest BCUT2D eigenvalue weighted by Gasteiger charge is -2.32. The maximum Gasteiger partial charge on any atom is 0.230 e. The fourth-order valence-corrected chi connectivity index (χ4v) is 2.37. The Bertz CT molecular complexity index is 508. The maximum atomic E-state index is 12.4. The van der Waals surface area contributed by atoms with Gasteiger partial charge in [-0.1, -0.05) is 13.0 Å². The first kappa shape index (κ1) is 14.5. The van der Waals surface area contributed by atoms with Crippen molar-refractivity contribution < 1.29 is 9.59 Å². The second-order valence-electron chi connectivity index (χ2n) is 5.53. The molecule has 1 aromatic carbocycles. The number of hydrogen-bond acceptors (Lipinski definition) is 3. The molecule has 1 aromatic rings. The smallest absolute Gasteiger partial charge is 0.230 e. The molecule has 1 saturated heterocycles. The van der Waals surface area contributed by atoms with Gasteiger partial charge in [0.15, 0.2) is 0 Å². The van der Waals surface area contributed by atoms with E-state index >= 15 is 0 Å². The third kappa shape index (κ3) is 3.57. The Hall–Kier alpha value is -1.88. The van der Waals surface area contributed by atoms with E-state index in [1.807, 2.05) is 19.1 Å². The molecule has 0 radical (unpaired) electrons. The predicted molar refractivity (Wildman–Crippen MR) is 79.6 cm³/mol. The number of carbonyl (C=O) groups is 2. The first-order chi connectivity index (χ1) is 9.49. The fourth-order valence-electron chi connectivity index (χ4n) is 2.37. The molecule has 1 aliphatic rings. The highest BCUT2D eigenvalue weighted by molar-refractivity contribution is 5.96. The Morgan fingerprint density at radius 1 is 1.15 bits per heavy atom. The highest BCUT2D eigenvalue weighted by Crippen LogP contribution is 2.29. The molecule has 0 spiro atoms. The first-order valence-corrected chi connectivity index (χ1v) is 6.89. The van der Waals surface area contributed by atoms with E-state index in [1.54, 1.807) is 12.1 Å². The molecule has 0 bridgehead atoms. The Morgan fingerprint density at radius 2 is 1.75 bits per heavy atom. The Balaban J connectivity index is 2.05. The lowest BCUT2D eigenvalue weighted by atomic mass is 9.80. The molecule has 1 heterocycles. The number of piperidine rings is 1. The van der Waals surface area contributed by atoms with Crippen LogP contribution >= 0.6 is 0 Å². The normalized spacial score (nSPS) is 17.3. The van der Waals surface area contributed by atoms with E-state index in [0.717, 1.165) is 25.9 Å². The summed E-state index contributed by atoms with van der Waals surface area (Å²) in [7, 11) is 0. The van der Waals surface area contributed by atoms with Crippen LogP contribution in [0, 0.1) is 5.41 Å². The van der Waals surface area contributed by atoms with E-state index in [2.05, 4.69) is 16.0 Å². The van der Waals surface area contributed by atoms with E-state index in [-0.39, 0.29) is 17.2 Å². The molecule has 1 aliphatic heterocycles. The molecule has 2 rings (SSSR count). The van der Waals surface area contributed by atoms with Crippen molar-refractivity contribution in [1.82, 2.24) is 5.32 Å². The highest BCUT2D eigenvalue weighted by Gasteiger charge is 2.34. The number of nitrogens with one attached hydrogen (secondary N) is 3. The SMILES string of the molecule is CC(=O)Nc1cccc(NC(=O)C2(C)CCNCC2)c1. The van der Waals surface area contributed by atoms with Crippen LogP contribution in [0.25, 0.3) is 0 Å². The molecule has 0 unspecified atom stereocenters. The predicted octanol–water partition coefficient (Wildman–Crippen LogP) is 1.97. The monoisotopic (exact) mass is 275 g/mol. The minimum absolute atomic E-state index is 0.0407. The van der Waals surface area contributed by atoms with Crippen molar-refractivity contribution in [3.63, 3.8) is 0 Å². The average Bonchev–Trinajstić information content (AvgIpc) is 2.39. The quantitative estimate of drug-likeness (QED) is 0.790. The van der Waals surface area contributed by atoms with Crippen LogP contribution in [0.5, 0.6) is 0 Å². The number of carbonyl (C=O) groups excluding carboxylic acids is 2. The molecular weight excluding hydrogens is 254 g/mol. The topological polar surface area (TPSA) is 70.2 Å². The lowest BCUT2D eigenvalue weighted by molar-refractivity contribution is -0.126. The summed E-state index contributed by atoms with van der Waals surface area (Å²) in [5, 5.41) is 8.92. The average molecular weight is 275 g/mol. The Kier molecular flexibility index (Phi) is 4.39. The van der Waals surface area contributed by atoms with Crippen molar-refractivity contribution in [2.75, 3.05) is 23.7 Å². The summed E-state index contributed by atoms with van der Waals surface area (Å²) in [5.74, 6) is -0.0854. The van der Waals surface area contributed by atoms with Gasteiger partial charge in [0.1, 0.15) is 0 Å². The number of rotatable bonds is 3. The summed E-state index contributed by atoms with van der Waals surface area (Å²) in [6.07, 6.45) is 1.68. The fraction of sp³-hybridized carbons (Fsp3) is 0.467. The zero-order chi connectivity index (χ0) is 14.6. The molecule has 5 nitrogen and oxygen atoms in total. The van der Waals surface area contributed by atoms with Crippen LogP contribution in [0.1, 0.15) is 26.7 Å². The molecule has 0 atom stereocenters.